The average Bonchev–Trinajstić information content (AvgIpc) is 3.05. The van der Waals surface area contributed by atoms with Crippen molar-refractivity contribution >= 4 is 34.0 Å². The molecule has 2 unspecified atom stereocenters. The van der Waals surface area contributed by atoms with Crippen LogP contribution in [-0.2, 0) is 16.0 Å². The Kier molecular flexibility index (Phi) is 8.63. The van der Waals surface area contributed by atoms with Gasteiger partial charge in [0.2, 0.25) is 23.0 Å². The predicted octanol–water partition coefficient (Wildman–Crippen LogP) is 4.38. The van der Waals surface area contributed by atoms with E-state index >= 15 is 0 Å². The van der Waals surface area contributed by atoms with E-state index in [4.69, 9.17) is 14.2 Å². The minimum atomic E-state index is -0.725. The van der Waals surface area contributed by atoms with Crippen LogP contribution in [0, 0.1) is 13.8 Å². The number of nitrogens with one attached hydrogen (secondary N) is 3. The Morgan fingerprint density at radius 1 is 1.07 bits per heavy atom. The van der Waals surface area contributed by atoms with Crippen LogP contribution in [0.25, 0.3) is 11.1 Å². The summed E-state index contributed by atoms with van der Waals surface area (Å²) in [6.07, 6.45) is 1.15. The summed E-state index contributed by atoms with van der Waals surface area (Å²) in [5.41, 5.74) is 3.81. The Labute approximate surface area is 237 Å². The molecule has 0 bridgehead atoms. The molecule has 4 rings (SSSR count). The molecular weight excluding hydrogens is 532 g/mol. The lowest BCUT2D eigenvalue weighted by Crippen LogP contribution is -2.33. The maximum absolute atomic E-state index is 13.5. The summed E-state index contributed by atoms with van der Waals surface area (Å²) in [5.74, 6) is 0.894. The Bertz CT molecular complexity index is 1500. The first-order chi connectivity index (χ1) is 19.1. The van der Waals surface area contributed by atoms with E-state index in [1.54, 1.807) is 27.2 Å². The summed E-state index contributed by atoms with van der Waals surface area (Å²) in [5, 5.41) is 9.35. The monoisotopic (exact) mass is 566 g/mol. The van der Waals surface area contributed by atoms with Crippen molar-refractivity contribution in [3.8, 4) is 28.4 Å². The van der Waals surface area contributed by atoms with Crippen LogP contribution in [0.5, 0.6) is 17.2 Å². The molecule has 3 aromatic rings. The zero-order valence-electron chi connectivity index (χ0n) is 23.7. The molecule has 0 spiro atoms. The first-order valence-electron chi connectivity index (χ1n) is 12.9. The smallest absolute Gasteiger partial charge is 0.248 e. The number of carbonyl (C=O) groups excluding carboxylic acids is 2. The summed E-state index contributed by atoms with van der Waals surface area (Å²) in [7, 11) is 4.65. The molecule has 1 aliphatic rings. The second-order valence-electron chi connectivity index (χ2n) is 9.61. The summed E-state index contributed by atoms with van der Waals surface area (Å²) >= 11 is 1.40. The van der Waals surface area contributed by atoms with E-state index in [2.05, 4.69) is 20.9 Å². The van der Waals surface area contributed by atoms with Crippen LogP contribution in [0.3, 0.4) is 0 Å². The van der Waals surface area contributed by atoms with Gasteiger partial charge < -0.3 is 30.2 Å². The molecule has 10 nitrogen and oxygen atoms in total. The average molecular weight is 567 g/mol. The largest absolute Gasteiger partial charge is 0.493 e. The molecule has 212 valence electrons. The molecule has 1 aliphatic carbocycles. The zero-order valence-corrected chi connectivity index (χ0v) is 24.5. The second-order valence-corrected chi connectivity index (χ2v) is 10.8. The van der Waals surface area contributed by atoms with Gasteiger partial charge >= 0.3 is 0 Å². The Morgan fingerprint density at radius 3 is 2.40 bits per heavy atom. The van der Waals surface area contributed by atoms with Crippen LogP contribution in [0.4, 0.5) is 10.8 Å². The Hall–Kier alpha value is -4.12. The fraction of sp³-hybridized carbons (Fsp3) is 0.379. The SMILES string of the molecule is COc1cc2c(c(OC)c1OC)-c1ccc(NC(C)C(=O)Nc3nc(C)c(C)s3)c(=O)cc1C(NC(C)=O)CC2. The fourth-order valence-electron chi connectivity index (χ4n) is 4.87. The number of nitrogens with zero attached hydrogens (tertiary/aromatic N) is 1. The summed E-state index contributed by atoms with van der Waals surface area (Å²) in [6, 6.07) is 5.73. The first kappa shape index (κ1) is 28.9. The van der Waals surface area contributed by atoms with E-state index in [1.807, 2.05) is 26.0 Å². The van der Waals surface area contributed by atoms with E-state index in [0.717, 1.165) is 21.7 Å². The van der Waals surface area contributed by atoms with Gasteiger partial charge in [-0.15, -0.1) is 11.3 Å². The van der Waals surface area contributed by atoms with Crippen LogP contribution >= 0.6 is 11.3 Å². The van der Waals surface area contributed by atoms with Crippen LogP contribution in [-0.4, -0.2) is 44.2 Å². The lowest BCUT2D eigenvalue weighted by atomic mass is 9.95. The molecule has 2 aromatic carbocycles. The number of rotatable bonds is 8. The molecule has 0 radical (unpaired) electrons. The number of carbonyl (C=O) groups is 2. The van der Waals surface area contributed by atoms with Gasteiger partial charge in [-0.25, -0.2) is 4.98 Å². The molecule has 3 N–H and O–H groups in total. The Balaban J connectivity index is 1.80. The van der Waals surface area contributed by atoms with Crippen LogP contribution in [0.15, 0.2) is 29.1 Å². The topological polar surface area (TPSA) is 128 Å². The summed E-state index contributed by atoms with van der Waals surface area (Å²) in [4.78, 5) is 43.9. The molecule has 2 amide bonds. The van der Waals surface area contributed by atoms with Gasteiger partial charge in [0, 0.05) is 17.4 Å². The van der Waals surface area contributed by atoms with Crippen molar-refractivity contribution in [1.82, 2.24) is 10.3 Å². The first-order valence-corrected chi connectivity index (χ1v) is 13.7. The van der Waals surface area contributed by atoms with E-state index in [9.17, 15) is 14.4 Å². The van der Waals surface area contributed by atoms with Crippen molar-refractivity contribution < 1.29 is 23.8 Å². The number of aromatic nitrogens is 1. The van der Waals surface area contributed by atoms with Crippen molar-refractivity contribution in [3.05, 3.63) is 56.2 Å². The number of benzene rings is 1. The molecule has 0 fully saturated rings. The minimum absolute atomic E-state index is 0.209. The van der Waals surface area contributed by atoms with E-state index in [0.29, 0.717) is 46.3 Å². The molecule has 40 heavy (non-hydrogen) atoms. The molecule has 1 heterocycles. The molecule has 1 aromatic heterocycles. The number of aryl methyl sites for hydroxylation is 3. The lowest BCUT2D eigenvalue weighted by Gasteiger charge is -2.19. The zero-order chi connectivity index (χ0) is 29.1. The third kappa shape index (κ3) is 5.74. The number of amides is 2. The van der Waals surface area contributed by atoms with Gasteiger partial charge in [-0.2, -0.15) is 0 Å². The van der Waals surface area contributed by atoms with Gasteiger partial charge in [0.15, 0.2) is 16.6 Å². The maximum atomic E-state index is 13.5. The highest BCUT2D eigenvalue weighted by Gasteiger charge is 2.29. The number of fused-ring (bicyclic) bond motifs is 3. The van der Waals surface area contributed by atoms with Crippen molar-refractivity contribution in [1.29, 1.82) is 0 Å². The number of ether oxygens (including phenoxy) is 3. The van der Waals surface area contributed by atoms with Crippen molar-refractivity contribution in [2.75, 3.05) is 32.0 Å². The highest BCUT2D eigenvalue weighted by molar-refractivity contribution is 7.15. The van der Waals surface area contributed by atoms with Gasteiger partial charge in [0.05, 0.1) is 38.8 Å². The van der Waals surface area contributed by atoms with E-state index in [-0.39, 0.29) is 22.9 Å². The number of hydrogen-bond donors (Lipinski definition) is 3. The molecule has 0 saturated carbocycles. The lowest BCUT2D eigenvalue weighted by molar-refractivity contribution is -0.119. The van der Waals surface area contributed by atoms with Crippen molar-refractivity contribution in [3.63, 3.8) is 0 Å². The quantitative estimate of drug-likeness (QED) is 0.367. The van der Waals surface area contributed by atoms with Gasteiger partial charge in [0.25, 0.3) is 0 Å². The number of hydrogen-bond acceptors (Lipinski definition) is 9. The number of anilines is 2. The van der Waals surface area contributed by atoms with E-state index in [1.165, 1.54) is 31.4 Å². The van der Waals surface area contributed by atoms with Gasteiger partial charge in [-0.3, -0.25) is 14.4 Å². The van der Waals surface area contributed by atoms with Gasteiger partial charge in [-0.1, -0.05) is 6.07 Å². The highest BCUT2D eigenvalue weighted by Crippen LogP contribution is 2.50. The molecule has 0 saturated heterocycles. The molecular formula is C29H34N4O6S. The minimum Gasteiger partial charge on any atom is -0.493 e. The maximum Gasteiger partial charge on any atom is 0.248 e. The van der Waals surface area contributed by atoms with E-state index < -0.39 is 12.1 Å². The predicted molar refractivity (Wildman–Crippen MR) is 156 cm³/mol. The third-order valence-corrected chi connectivity index (χ3v) is 7.93. The molecule has 11 heteroatoms. The standard InChI is InChI=1S/C29H34N4O6S/c1-14-16(3)40-29(31-14)33-28(36)15(2)30-22-11-9-19-20(13-23(22)35)21(32-17(4)34)10-8-18-12-24(37-5)26(38-6)27(39-7)25(18)19/h9,11-13,15,21H,8,10H2,1-7H3,(H,30,35)(H,32,34)(H,31,33,36). The van der Waals surface area contributed by atoms with Gasteiger partial charge in [0.1, 0.15) is 6.04 Å². The third-order valence-electron chi connectivity index (χ3n) is 6.94. The van der Waals surface area contributed by atoms with Gasteiger partial charge in [-0.05, 0) is 68.5 Å². The van der Waals surface area contributed by atoms with Crippen LogP contribution in [0.1, 0.15) is 48.0 Å². The van der Waals surface area contributed by atoms with Crippen molar-refractivity contribution in [2.24, 2.45) is 0 Å². The highest BCUT2D eigenvalue weighted by atomic mass is 32.1. The number of methoxy groups -OCH3 is 3. The second kappa shape index (κ2) is 12.0. The van der Waals surface area contributed by atoms with Crippen LogP contribution in [0.2, 0.25) is 0 Å². The summed E-state index contributed by atoms with van der Waals surface area (Å²) < 4.78 is 17.0. The number of thiazole rings is 1. The molecule has 2 atom stereocenters. The normalized spacial score (nSPS) is 14.6. The Morgan fingerprint density at radius 2 is 1.80 bits per heavy atom. The molecule has 0 aliphatic heterocycles. The summed E-state index contributed by atoms with van der Waals surface area (Å²) in [6.45, 7) is 6.95. The fourth-order valence-corrected chi connectivity index (χ4v) is 5.68. The van der Waals surface area contributed by atoms with Crippen LogP contribution < -0.4 is 35.6 Å². The van der Waals surface area contributed by atoms with Crippen molar-refractivity contribution in [2.45, 2.75) is 52.6 Å².